The van der Waals surface area contributed by atoms with Gasteiger partial charge in [-0.2, -0.15) is 4.98 Å². The molecule has 0 saturated heterocycles. The molecule has 1 unspecified atom stereocenters. The van der Waals surface area contributed by atoms with E-state index in [0.29, 0.717) is 29.9 Å². The van der Waals surface area contributed by atoms with Crippen molar-refractivity contribution in [2.75, 3.05) is 6.54 Å². The summed E-state index contributed by atoms with van der Waals surface area (Å²) in [6, 6.07) is 3.60. The summed E-state index contributed by atoms with van der Waals surface area (Å²) in [5.41, 5.74) is 5.54. The third-order valence-corrected chi connectivity index (χ3v) is 2.46. The number of aryl methyl sites for hydroxylation is 1. The summed E-state index contributed by atoms with van der Waals surface area (Å²) in [6.45, 7) is 2.78. The molecule has 1 atom stereocenters. The van der Waals surface area contributed by atoms with Crippen molar-refractivity contribution in [3.05, 3.63) is 24.3 Å². The van der Waals surface area contributed by atoms with E-state index in [1.807, 2.05) is 0 Å². The minimum atomic E-state index is 0.471. The summed E-state index contributed by atoms with van der Waals surface area (Å²) in [5.74, 6) is 2.23. The molecule has 5 nitrogen and oxygen atoms in total. The Balaban J connectivity index is 1.98. The molecule has 2 rings (SSSR count). The quantitative estimate of drug-likeness (QED) is 0.833. The van der Waals surface area contributed by atoms with Crippen LogP contribution in [0.15, 0.2) is 27.3 Å². The first-order valence-electron chi connectivity index (χ1n) is 5.36. The Morgan fingerprint density at radius 3 is 3.06 bits per heavy atom. The van der Waals surface area contributed by atoms with Crippen LogP contribution in [0.1, 0.15) is 19.2 Å². The lowest BCUT2D eigenvalue weighted by Gasteiger charge is -2.03. The van der Waals surface area contributed by atoms with Gasteiger partial charge in [-0.3, -0.25) is 0 Å². The summed E-state index contributed by atoms with van der Waals surface area (Å²) in [6.07, 6.45) is 3.30. The maximum Gasteiger partial charge on any atom is 0.238 e. The molecule has 2 aromatic rings. The number of aromatic nitrogens is 2. The maximum atomic E-state index is 5.54. The molecule has 16 heavy (non-hydrogen) atoms. The van der Waals surface area contributed by atoms with Crippen LogP contribution < -0.4 is 5.73 Å². The fraction of sp³-hybridized carbons (Fsp3) is 0.455. The van der Waals surface area contributed by atoms with Crippen LogP contribution in [0.25, 0.3) is 11.6 Å². The Bertz CT molecular complexity index is 422. The van der Waals surface area contributed by atoms with Gasteiger partial charge >= 0.3 is 0 Å². The summed E-state index contributed by atoms with van der Waals surface area (Å²) in [7, 11) is 0. The van der Waals surface area contributed by atoms with Crippen molar-refractivity contribution < 1.29 is 8.94 Å². The Labute approximate surface area is 93.6 Å². The highest BCUT2D eigenvalue weighted by atomic mass is 16.5. The van der Waals surface area contributed by atoms with E-state index < -0.39 is 0 Å². The van der Waals surface area contributed by atoms with E-state index in [4.69, 9.17) is 14.7 Å². The first-order chi connectivity index (χ1) is 7.79. The van der Waals surface area contributed by atoms with E-state index in [2.05, 4.69) is 17.1 Å². The Morgan fingerprint density at radius 1 is 1.50 bits per heavy atom. The molecule has 0 aliphatic rings. The Hall–Kier alpha value is -1.62. The summed E-state index contributed by atoms with van der Waals surface area (Å²) in [4.78, 5) is 4.25. The van der Waals surface area contributed by atoms with Crippen LogP contribution in [0, 0.1) is 5.92 Å². The van der Waals surface area contributed by atoms with Gasteiger partial charge < -0.3 is 14.7 Å². The van der Waals surface area contributed by atoms with Crippen molar-refractivity contribution in [3.63, 3.8) is 0 Å². The summed E-state index contributed by atoms with van der Waals surface area (Å²) < 4.78 is 10.3. The zero-order valence-corrected chi connectivity index (χ0v) is 9.22. The van der Waals surface area contributed by atoms with E-state index >= 15 is 0 Å². The predicted octanol–water partition coefficient (Wildman–Crippen LogP) is 1.86. The van der Waals surface area contributed by atoms with Gasteiger partial charge in [0, 0.05) is 6.42 Å². The van der Waals surface area contributed by atoms with E-state index in [9.17, 15) is 0 Å². The minimum Gasteiger partial charge on any atom is -0.461 e. The first-order valence-corrected chi connectivity index (χ1v) is 5.36. The fourth-order valence-electron chi connectivity index (χ4n) is 1.35. The molecule has 0 aliphatic heterocycles. The Kier molecular flexibility index (Phi) is 3.36. The highest BCUT2D eigenvalue weighted by molar-refractivity contribution is 5.44. The average Bonchev–Trinajstić information content (AvgIpc) is 2.95. The third-order valence-electron chi connectivity index (χ3n) is 2.46. The van der Waals surface area contributed by atoms with Gasteiger partial charge in [0.05, 0.1) is 6.26 Å². The van der Waals surface area contributed by atoms with E-state index in [-0.39, 0.29) is 0 Å². The van der Waals surface area contributed by atoms with Crippen molar-refractivity contribution in [2.45, 2.75) is 19.8 Å². The predicted molar refractivity (Wildman–Crippen MR) is 58.5 cm³/mol. The molecule has 0 aromatic carbocycles. The zero-order valence-electron chi connectivity index (χ0n) is 9.22. The monoisotopic (exact) mass is 221 g/mol. The average molecular weight is 221 g/mol. The molecule has 0 bridgehead atoms. The van der Waals surface area contributed by atoms with E-state index in [1.165, 1.54) is 0 Å². The number of nitrogens with two attached hydrogens (primary N) is 1. The normalized spacial score (nSPS) is 12.9. The van der Waals surface area contributed by atoms with Crippen molar-refractivity contribution in [1.82, 2.24) is 10.1 Å². The number of hydrogen-bond acceptors (Lipinski definition) is 5. The van der Waals surface area contributed by atoms with Crippen molar-refractivity contribution >= 4 is 0 Å². The van der Waals surface area contributed by atoms with Gasteiger partial charge in [-0.1, -0.05) is 12.1 Å². The van der Waals surface area contributed by atoms with Crippen LogP contribution in [0.3, 0.4) is 0 Å². The van der Waals surface area contributed by atoms with E-state index in [0.717, 1.165) is 12.8 Å². The van der Waals surface area contributed by atoms with Gasteiger partial charge in [-0.05, 0) is 31.0 Å². The highest BCUT2D eigenvalue weighted by Gasteiger charge is 2.11. The molecule has 2 aromatic heterocycles. The number of nitrogens with zero attached hydrogens (tertiary/aromatic N) is 2. The maximum absolute atomic E-state index is 5.54. The van der Waals surface area contributed by atoms with Crippen LogP contribution in [0.4, 0.5) is 0 Å². The molecule has 2 heterocycles. The lowest BCUT2D eigenvalue weighted by molar-refractivity contribution is 0.365. The molecule has 86 valence electrons. The van der Waals surface area contributed by atoms with Crippen LogP contribution >= 0.6 is 0 Å². The van der Waals surface area contributed by atoms with Gasteiger partial charge in [-0.15, -0.1) is 0 Å². The van der Waals surface area contributed by atoms with Crippen LogP contribution in [0.2, 0.25) is 0 Å². The summed E-state index contributed by atoms with van der Waals surface area (Å²) in [5, 5.41) is 3.85. The van der Waals surface area contributed by atoms with Crippen molar-refractivity contribution in [1.29, 1.82) is 0 Å². The van der Waals surface area contributed by atoms with Crippen molar-refractivity contribution in [3.8, 4) is 11.6 Å². The standard InChI is InChI=1S/C11H15N3O2/c1-8(7-12)4-5-10-13-11(14-16-10)9-3-2-6-15-9/h2-3,6,8H,4-5,7,12H2,1H3. The highest BCUT2D eigenvalue weighted by Crippen LogP contribution is 2.16. The molecule has 5 heteroatoms. The molecular formula is C11H15N3O2. The largest absolute Gasteiger partial charge is 0.461 e. The minimum absolute atomic E-state index is 0.471. The lowest BCUT2D eigenvalue weighted by atomic mass is 10.1. The number of furan rings is 1. The number of hydrogen-bond donors (Lipinski definition) is 1. The second kappa shape index (κ2) is 4.94. The lowest BCUT2D eigenvalue weighted by Crippen LogP contribution is -2.11. The summed E-state index contributed by atoms with van der Waals surface area (Å²) >= 11 is 0. The van der Waals surface area contributed by atoms with E-state index in [1.54, 1.807) is 18.4 Å². The fourth-order valence-corrected chi connectivity index (χ4v) is 1.35. The molecule has 0 radical (unpaired) electrons. The Morgan fingerprint density at radius 2 is 2.38 bits per heavy atom. The first kappa shape index (κ1) is 10.9. The van der Waals surface area contributed by atoms with Gasteiger partial charge in [-0.25, -0.2) is 0 Å². The molecule has 0 amide bonds. The molecule has 2 N–H and O–H groups in total. The molecule has 0 spiro atoms. The second-order valence-electron chi connectivity index (χ2n) is 3.87. The zero-order chi connectivity index (χ0) is 11.4. The van der Waals surface area contributed by atoms with Crippen LogP contribution in [-0.4, -0.2) is 16.7 Å². The van der Waals surface area contributed by atoms with Gasteiger partial charge in [0.25, 0.3) is 0 Å². The SMILES string of the molecule is CC(CN)CCc1nc(-c2ccco2)no1. The molecule has 0 fully saturated rings. The third kappa shape index (κ3) is 2.49. The second-order valence-corrected chi connectivity index (χ2v) is 3.87. The number of rotatable bonds is 5. The van der Waals surface area contributed by atoms with Gasteiger partial charge in [0.1, 0.15) is 0 Å². The molecule has 0 saturated carbocycles. The topological polar surface area (TPSA) is 78.1 Å². The smallest absolute Gasteiger partial charge is 0.238 e. The van der Waals surface area contributed by atoms with Crippen LogP contribution in [-0.2, 0) is 6.42 Å². The van der Waals surface area contributed by atoms with Gasteiger partial charge in [0.15, 0.2) is 5.76 Å². The molecular weight excluding hydrogens is 206 g/mol. The van der Waals surface area contributed by atoms with Crippen molar-refractivity contribution in [2.24, 2.45) is 11.7 Å². The molecule has 0 aliphatic carbocycles. The van der Waals surface area contributed by atoms with Crippen LogP contribution in [0.5, 0.6) is 0 Å². The van der Waals surface area contributed by atoms with Gasteiger partial charge in [0.2, 0.25) is 11.7 Å².